The maximum Gasteiger partial charge on any atom is 0.492 e. The average Bonchev–Trinajstić information content (AvgIpc) is 2.20. The summed E-state index contributed by atoms with van der Waals surface area (Å²) in [6.45, 7) is 0.451. The zero-order chi connectivity index (χ0) is 11.3. The highest BCUT2D eigenvalue weighted by Crippen LogP contribution is 2.10. The molecule has 3 nitrogen and oxygen atoms in total. The van der Waals surface area contributed by atoms with Crippen LogP contribution in [-0.4, -0.2) is 35.8 Å². The van der Waals surface area contributed by atoms with Gasteiger partial charge in [-0.2, -0.15) is 11.8 Å². The highest BCUT2D eigenvalue weighted by Gasteiger charge is 2.17. The second-order valence-electron chi connectivity index (χ2n) is 2.90. The third-order valence-corrected chi connectivity index (χ3v) is 2.37. The molecule has 0 saturated carbocycles. The zero-order valence-corrected chi connectivity index (χ0v) is 9.13. The number of hydrogen-bond donors (Lipinski definition) is 2. The minimum atomic E-state index is -1.72. The molecule has 0 heterocycles. The van der Waals surface area contributed by atoms with Crippen molar-refractivity contribution in [3.63, 3.8) is 0 Å². The molecule has 15 heavy (non-hydrogen) atoms. The van der Waals surface area contributed by atoms with Crippen molar-refractivity contribution in [2.24, 2.45) is 0 Å². The first-order valence-corrected chi connectivity index (χ1v) is 5.82. The van der Waals surface area contributed by atoms with E-state index < -0.39 is 12.9 Å². The van der Waals surface area contributed by atoms with Crippen LogP contribution in [0, 0.1) is 5.82 Å². The second-order valence-corrected chi connectivity index (χ2v) is 3.88. The first kappa shape index (κ1) is 12.4. The Hall–Kier alpha value is -0.715. The molecular weight excluding hydrogens is 218 g/mol. The van der Waals surface area contributed by atoms with E-state index in [4.69, 9.17) is 14.8 Å². The fourth-order valence-corrected chi connectivity index (χ4v) is 1.34. The molecule has 0 aliphatic rings. The van der Waals surface area contributed by atoms with Crippen LogP contribution in [0.4, 0.5) is 4.39 Å². The van der Waals surface area contributed by atoms with Gasteiger partial charge in [-0.05, 0) is 24.5 Å². The number of benzene rings is 1. The molecule has 1 aromatic rings. The van der Waals surface area contributed by atoms with E-state index in [1.165, 1.54) is 12.1 Å². The Morgan fingerprint density at radius 1 is 1.47 bits per heavy atom. The molecule has 1 rings (SSSR count). The molecular formula is C9H12BFO3S. The van der Waals surface area contributed by atoms with Crippen LogP contribution in [0.15, 0.2) is 18.2 Å². The van der Waals surface area contributed by atoms with Gasteiger partial charge in [-0.3, -0.25) is 0 Å². The Morgan fingerprint density at radius 3 is 2.80 bits per heavy atom. The van der Waals surface area contributed by atoms with Gasteiger partial charge in [0.05, 0.1) is 6.61 Å². The molecule has 0 aliphatic heterocycles. The Morgan fingerprint density at radius 2 is 2.20 bits per heavy atom. The SMILES string of the molecule is CSCCOc1ccc(F)cc1B(O)O. The van der Waals surface area contributed by atoms with Crippen LogP contribution in [0.1, 0.15) is 0 Å². The summed E-state index contributed by atoms with van der Waals surface area (Å²) in [5.74, 6) is 0.578. The third-order valence-electron chi connectivity index (χ3n) is 1.80. The van der Waals surface area contributed by atoms with Gasteiger partial charge < -0.3 is 14.8 Å². The lowest BCUT2D eigenvalue weighted by Crippen LogP contribution is -2.32. The van der Waals surface area contributed by atoms with Gasteiger partial charge in [-0.15, -0.1) is 0 Å². The van der Waals surface area contributed by atoms with Gasteiger partial charge >= 0.3 is 7.12 Å². The summed E-state index contributed by atoms with van der Waals surface area (Å²) in [4.78, 5) is 0. The van der Waals surface area contributed by atoms with Crippen LogP contribution in [0.5, 0.6) is 5.75 Å². The fraction of sp³-hybridized carbons (Fsp3) is 0.333. The van der Waals surface area contributed by atoms with Gasteiger partial charge in [0.1, 0.15) is 11.6 Å². The van der Waals surface area contributed by atoms with E-state index in [9.17, 15) is 4.39 Å². The molecule has 82 valence electrons. The quantitative estimate of drug-likeness (QED) is 0.562. The first-order valence-electron chi connectivity index (χ1n) is 4.42. The van der Waals surface area contributed by atoms with Crippen LogP contribution < -0.4 is 10.2 Å². The summed E-state index contributed by atoms with van der Waals surface area (Å²) in [7, 11) is -1.72. The van der Waals surface area contributed by atoms with Gasteiger partial charge in [0.2, 0.25) is 0 Å². The molecule has 0 saturated heterocycles. The van der Waals surface area contributed by atoms with Gasteiger partial charge in [0, 0.05) is 11.2 Å². The van der Waals surface area contributed by atoms with Gasteiger partial charge in [-0.1, -0.05) is 0 Å². The van der Waals surface area contributed by atoms with Gasteiger partial charge in [0.15, 0.2) is 0 Å². The highest BCUT2D eigenvalue weighted by atomic mass is 32.2. The maximum atomic E-state index is 12.8. The molecule has 0 radical (unpaired) electrons. The topological polar surface area (TPSA) is 49.7 Å². The monoisotopic (exact) mass is 230 g/mol. The Balaban J connectivity index is 2.77. The summed E-state index contributed by atoms with van der Waals surface area (Å²) in [5.41, 5.74) is 0.0519. The molecule has 0 unspecified atom stereocenters. The molecule has 0 aromatic heterocycles. The van der Waals surface area contributed by atoms with Crippen LogP contribution in [0.3, 0.4) is 0 Å². The van der Waals surface area contributed by atoms with E-state index in [0.717, 1.165) is 11.8 Å². The number of thioether (sulfide) groups is 1. The van der Waals surface area contributed by atoms with Crippen molar-refractivity contribution in [3.05, 3.63) is 24.0 Å². The van der Waals surface area contributed by atoms with Crippen LogP contribution in [0.2, 0.25) is 0 Å². The molecule has 0 spiro atoms. The number of rotatable bonds is 5. The van der Waals surface area contributed by atoms with E-state index in [1.54, 1.807) is 11.8 Å². The number of halogens is 1. The van der Waals surface area contributed by atoms with Crippen molar-refractivity contribution >= 4 is 24.3 Å². The normalized spacial score (nSPS) is 10.1. The summed E-state index contributed by atoms with van der Waals surface area (Å²) in [6, 6.07) is 3.67. The second kappa shape index (κ2) is 6.00. The van der Waals surface area contributed by atoms with Crippen molar-refractivity contribution in [2.75, 3.05) is 18.6 Å². The number of hydrogen-bond acceptors (Lipinski definition) is 4. The largest absolute Gasteiger partial charge is 0.493 e. The van der Waals surface area contributed by atoms with Crippen molar-refractivity contribution in [2.45, 2.75) is 0 Å². The molecule has 6 heteroatoms. The van der Waals surface area contributed by atoms with E-state index in [-0.39, 0.29) is 5.46 Å². The Labute approximate surface area is 92.4 Å². The summed E-state index contributed by atoms with van der Waals surface area (Å²) >= 11 is 1.61. The molecule has 0 atom stereocenters. The molecule has 0 bridgehead atoms. The molecule has 1 aromatic carbocycles. The Kier molecular flexibility index (Phi) is 4.94. The van der Waals surface area contributed by atoms with E-state index in [2.05, 4.69) is 0 Å². The molecule has 2 N–H and O–H groups in total. The van der Waals surface area contributed by atoms with Crippen LogP contribution in [0.25, 0.3) is 0 Å². The van der Waals surface area contributed by atoms with Crippen LogP contribution >= 0.6 is 11.8 Å². The predicted octanol–water partition coefficient (Wildman–Crippen LogP) is 0.247. The molecule has 0 fully saturated rings. The average molecular weight is 230 g/mol. The molecule has 0 amide bonds. The lowest BCUT2D eigenvalue weighted by atomic mass is 9.79. The van der Waals surface area contributed by atoms with Crippen molar-refractivity contribution in [3.8, 4) is 5.75 Å². The van der Waals surface area contributed by atoms with E-state index in [1.807, 2.05) is 6.26 Å². The van der Waals surface area contributed by atoms with E-state index in [0.29, 0.717) is 12.4 Å². The van der Waals surface area contributed by atoms with Crippen molar-refractivity contribution in [1.29, 1.82) is 0 Å². The Bertz CT molecular complexity index is 322. The predicted molar refractivity (Wildman–Crippen MR) is 60.1 cm³/mol. The standard InChI is InChI=1S/C9H12BFO3S/c1-15-5-4-14-9-3-2-7(11)6-8(9)10(12)13/h2-3,6,12-13H,4-5H2,1H3. The fourth-order valence-electron chi connectivity index (χ4n) is 1.09. The zero-order valence-electron chi connectivity index (χ0n) is 8.31. The van der Waals surface area contributed by atoms with Gasteiger partial charge in [-0.25, -0.2) is 4.39 Å². The lowest BCUT2D eigenvalue weighted by molar-refractivity contribution is 0.343. The van der Waals surface area contributed by atoms with Crippen molar-refractivity contribution < 1.29 is 19.2 Å². The summed E-state index contributed by atoms with van der Waals surface area (Å²) in [6.07, 6.45) is 1.94. The summed E-state index contributed by atoms with van der Waals surface area (Å²) < 4.78 is 18.1. The minimum Gasteiger partial charge on any atom is -0.493 e. The van der Waals surface area contributed by atoms with Crippen LogP contribution in [-0.2, 0) is 0 Å². The van der Waals surface area contributed by atoms with Gasteiger partial charge in [0.25, 0.3) is 0 Å². The van der Waals surface area contributed by atoms with E-state index >= 15 is 0 Å². The molecule has 0 aliphatic carbocycles. The maximum absolute atomic E-state index is 12.8. The highest BCUT2D eigenvalue weighted by molar-refractivity contribution is 7.98. The minimum absolute atomic E-state index is 0.0519. The lowest BCUT2D eigenvalue weighted by Gasteiger charge is -2.10. The number of ether oxygens (including phenoxy) is 1. The smallest absolute Gasteiger partial charge is 0.492 e. The summed E-state index contributed by atoms with van der Waals surface area (Å²) in [5, 5.41) is 18.0. The first-order chi connectivity index (χ1) is 7.15. The third kappa shape index (κ3) is 3.73. The van der Waals surface area contributed by atoms with Crippen molar-refractivity contribution in [1.82, 2.24) is 0 Å².